The van der Waals surface area contributed by atoms with Crippen LogP contribution in [-0.2, 0) is 9.47 Å². The standard InChI is InChI=1S/C13H16Cl2O5/c1-18-3-2-4-19-5-6-20-12-10(13(16)17)7-9(14)8-11(12)15/h7-8H,2-6H2,1H3,(H,16,17). The van der Waals surface area contributed by atoms with Gasteiger partial charge < -0.3 is 19.3 Å². The molecule has 1 aromatic carbocycles. The lowest BCUT2D eigenvalue weighted by Gasteiger charge is -2.11. The van der Waals surface area contributed by atoms with Crippen LogP contribution in [0.1, 0.15) is 16.8 Å². The Hall–Kier alpha value is -1.01. The van der Waals surface area contributed by atoms with E-state index in [9.17, 15) is 4.79 Å². The van der Waals surface area contributed by atoms with Crippen LogP contribution in [0.15, 0.2) is 12.1 Å². The molecule has 1 N–H and O–H groups in total. The third kappa shape index (κ3) is 5.54. The zero-order valence-corrected chi connectivity index (χ0v) is 12.5. The molecule has 0 unspecified atom stereocenters. The number of aromatic carboxylic acids is 1. The van der Waals surface area contributed by atoms with Crippen molar-refractivity contribution in [2.75, 3.05) is 33.5 Å². The van der Waals surface area contributed by atoms with Crippen LogP contribution >= 0.6 is 23.2 Å². The summed E-state index contributed by atoms with van der Waals surface area (Å²) < 4.78 is 15.5. The SMILES string of the molecule is COCCCOCCOc1c(Cl)cc(Cl)cc1C(=O)O. The highest BCUT2D eigenvalue weighted by Gasteiger charge is 2.16. The Balaban J connectivity index is 2.49. The molecule has 0 radical (unpaired) electrons. The van der Waals surface area contributed by atoms with Gasteiger partial charge in [0.2, 0.25) is 0 Å². The number of carboxylic acids is 1. The molecule has 0 spiro atoms. The second-order valence-corrected chi connectivity index (χ2v) is 4.72. The summed E-state index contributed by atoms with van der Waals surface area (Å²) in [4.78, 5) is 11.1. The number of hydrogen-bond acceptors (Lipinski definition) is 4. The van der Waals surface area contributed by atoms with E-state index in [2.05, 4.69) is 0 Å². The summed E-state index contributed by atoms with van der Waals surface area (Å²) in [7, 11) is 1.62. The van der Waals surface area contributed by atoms with E-state index in [0.717, 1.165) is 6.42 Å². The van der Waals surface area contributed by atoms with Gasteiger partial charge >= 0.3 is 5.97 Å². The highest BCUT2D eigenvalue weighted by Crippen LogP contribution is 2.32. The van der Waals surface area contributed by atoms with Crippen LogP contribution in [0.4, 0.5) is 0 Å². The molecule has 0 amide bonds. The van der Waals surface area contributed by atoms with E-state index >= 15 is 0 Å². The number of methoxy groups -OCH3 is 1. The molecular formula is C13H16Cl2O5. The number of benzene rings is 1. The Kier molecular flexibility index (Phi) is 7.69. The number of halogens is 2. The maximum absolute atomic E-state index is 11.1. The third-order valence-electron chi connectivity index (χ3n) is 2.35. The summed E-state index contributed by atoms with van der Waals surface area (Å²) in [5, 5.41) is 9.48. The topological polar surface area (TPSA) is 65.0 Å². The first-order chi connectivity index (χ1) is 9.56. The Morgan fingerprint density at radius 3 is 2.60 bits per heavy atom. The van der Waals surface area contributed by atoms with Crippen molar-refractivity contribution < 1.29 is 24.1 Å². The maximum Gasteiger partial charge on any atom is 0.339 e. The quantitative estimate of drug-likeness (QED) is 0.707. The van der Waals surface area contributed by atoms with Crippen LogP contribution in [0, 0.1) is 0 Å². The van der Waals surface area contributed by atoms with Gasteiger partial charge in [0, 0.05) is 25.3 Å². The summed E-state index contributed by atoms with van der Waals surface area (Å²) in [6.45, 7) is 1.72. The highest BCUT2D eigenvalue weighted by atomic mass is 35.5. The fourth-order valence-corrected chi connectivity index (χ4v) is 2.02. The van der Waals surface area contributed by atoms with Gasteiger partial charge in [0.05, 0.1) is 11.6 Å². The lowest BCUT2D eigenvalue weighted by molar-refractivity contribution is 0.0677. The van der Waals surface area contributed by atoms with Gasteiger partial charge in [-0.25, -0.2) is 4.79 Å². The van der Waals surface area contributed by atoms with Crippen LogP contribution in [0.5, 0.6) is 5.75 Å². The average Bonchev–Trinajstić information content (AvgIpc) is 2.39. The lowest BCUT2D eigenvalue weighted by Crippen LogP contribution is -2.11. The molecule has 5 nitrogen and oxygen atoms in total. The molecule has 0 bridgehead atoms. The van der Waals surface area contributed by atoms with Crippen LogP contribution in [0.25, 0.3) is 0 Å². The molecule has 7 heteroatoms. The van der Waals surface area contributed by atoms with Crippen LogP contribution < -0.4 is 4.74 Å². The number of rotatable bonds is 9. The molecule has 0 heterocycles. The smallest absolute Gasteiger partial charge is 0.339 e. The van der Waals surface area contributed by atoms with Gasteiger partial charge in [-0.3, -0.25) is 0 Å². The second kappa shape index (κ2) is 9.02. The van der Waals surface area contributed by atoms with Crippen molar-refractivity contribution >= 4 is 29.2 Å². The molecule has 0 aliphatic rings. The normalized spacial score (nSPS) is 10.6. The number of hydrogen-bond donors (Lipinski definition) is 1. The van der Waals surface area contributed by atoms with E-state index in [0.29, 0.717) is 19.8 Å². The predicted molar refractivity (Wildman–Crippen MR) is 76.2 cm³/mol. The van der Waals surface area contributed by atoms with Gasteiger partial charge in [-0.2, -0.15) is 0 Å². The Morgan fingerprint density at radius 2 is 1.95 bits per heavy atom. The zero-order valence-electron chi connectivity index (χ0n) is 11.0. The van der Waals surface area contributed by atoms with Gasteiger partial charge in [0.25, 0.3) is 0 Å². The molecule has 0 aromatic heterocycles. The lowest BCUT2D eigenvalue weighted by atomic mass is 10.2. The fourth-order valence-electron chi connectivity index (χ4n) is 1.48. The summed E-state index contributed by atoms with van der Waals surface area (Å²) in [6.07, 6.45) is 0.790. The minimum Gasteiger partial charge on any atom is -0.489 e. The summed E-state index contributed by atoms with van der Waals surface area (Å²) in [6, 6.07) is 2.73. The molecule has 20 heavy (non-hydrogen) atoms. The van der Waals surface area contributed by atoms with Gasteiger partial charge in [0.15, 0.2) is 5.75 Å². The average molecular weight is 323 g/mol. The number of ether oxygens (including phenoxy) is 3. The van der Waals surface area contributed by atoms with Crippen molar-refractivity contribution in [2.45, 2.75) is 6.42 Å². The second-order valence-electron chi connectivity index (χ2n) is 3.88. The monoisotopic (exact) mass is 322 g/mol. The highest BCUT2D eigenvalue weighted by molar-refractivity contribution is 6.36. The van der Waals surface area contributed by atoms with E-state index in [1.54, 1.807) is 7.11 Å². The minimum atomic E-state index is -1.15. The van der Waals surface area contributed by atoms with Crippen molar-refractivity contribution in [3.05, 3.63) is 27.7 Å². The molecular weight excluding hydrogens is 307 g/mol. The molecule has 0 atom stereocenters. The van der Waals surface area contributed by atoms with E-state index in [4.69, 9.17) is 42.5 Å². The van der Waals surface area contributed by atoms with Crippen LogP contribution in [-0.4, -0.2) is 44.6 Å². The maximum atomic E-state index is 11.1. The van der Waals surface area contributed by atoms with E-state index in [1.807, 2.05) is 0 Å². The molecule has 0 saturated carbocycles. The van der Waals surface area contributed by atoms with E-state index in [1.165, 1.54) is 12.1 Å². The van der Waals surface area contributed by atoms with Crippen molar-refractivity contribution in [1.29, 1.82) is 0 Å². The predicted octanol–water partition coefficient (Wildman–Crippen LogP) is 3.12. The van der Waals surface area contributed by atoms with Gasteiger partial charge in [-0.05, 0) is 18.6 Å². The van der Waals surface area contributed by atoms with Gasteiger partial charge in [0.1, 0.15) is 12.2 Å². The fraction of sp³-hybridized carbons (Fsp3) is 0.462. The van der Waals surface area contributed by atoms with Crippen molar-refractivity contribution in [3.63, 3.8) is 0 Å². The molecule has 0 saturated heterocycles. The zero-order chi connectivity index (χ0) is 15.0. The summed E-state index contributed by atoms with van der Waals surface area (Å²) in [5.74, 6) is -1.05. The van der Waals surface area contributed by atoms with Crippen LogP contribution in [0.2, 0.25) is 10.0 Å². The van der Waals surface area contributed by atoms with Crippen molar-refractivity contribution in [2.24, 2.45) is 0 Å². The van der Waals surface area contributed by atoms with Gasteiger partial charge in [-0.1, -0.05) is 23.2 Å². The molecule has 1 rings (SSSR count). The minimum absolute atomic E-state index is 0.0677. The number of carbonyl (C=O) groups is 1. The van der Waals surface area contributed by atoms with Crippen molar-refractivity contribution in [1.82, 2.24) is 0 Å². The number of carboxylic acid groups (broad SMARTS) is 1. The Labute approximate surface area is 127 Å². The first kappa shape index (κ1) is 17.0. The van der Waals surface area contributed by atoms with Gasteiger partial charge in [-0.15, -0.1) is 0 Å². The van der Waals surface area contributed by atoms with Crippen LogP contribution in [0.3, 0.4) is 0 Å². The molecule has 0 aliphatic heterocycles. The molecule has 112 valence electrons. The third-order valence-corrected chi connectivity index (χ3v) is 2.85. The summed E-state index contributed by atoms with van der Waals surface area (Å²) in [5.41, 5.74) is -0.0677. The van der Waals surface area contributed by atoms with Crippen molar-refractivity contribution in [3.8, 4) is 5.75 Å². The Bertz CT molecular complexity index is 451. The largest absolute Gasteiger partial charge is 0.489 e. The molecule has 1 aromatic rings. The Morgan fingerprint density at radius 1 is 1.20 bits per heavy atom. The molecule has 0 aliphatic carbocycles. The first-order valence-electron chi connectivity index (χ1n) is 5.98. The van der Waals surface area contributed by atoms with E-state index in [-0.39, 0.29) is 28.0 Å². The molecule has 0 fully saturated rings. The summed E-state index contributed by atoms with van der Waals surface area (Å²) >= 11 is 11.7. The van der Waals surface area contributed by atoms with E-state index < -0.39 is 5.97 Å². The first-order valence-corrected chi connectivity index (χ1v) is 6.73.